The van der Waals surface area contributed by atoms with Crippen LogP contribution in [0.5, 0.6) is 0 Å². The molecular weight excluding hydrogens is 366 g/mol. The predicted octanol–water partition coefficient (Wildman–Crippen LogP) is 5.28. The highest BCUT2D eigenvalue weighted by atomic mass is 16.5. The quantitative estimate of drug-likeness (QED) is 0.439. The van der Waals surface area contributed by atoms with Gasteiger partial charge in [-0.25, -0.2) is 4.79 Å². The molecule has 0 saturated carbocycles. The minimum atomic E-state index is -0.537. The summed E-state index contributed by atoms with van der Waals surface area (Å²) in [6.07, 6.45) is 1.68. The van der Waals surface area contributed by atoms with Gasteiger partial charge in [-0.3, -0.25) is 9.36 Å². The largest absolute Gasteiger partial charge is 0.460 e. The van der Waals surface area contributed by atoms with Crippen LogP contribution in [0.4, 0.5) is 0 Å². The first-order chi connectivity index (χ1) is 14.2. The molecular formula is C24H19NO4. The van der Waals surface area contributed by atoms with Gasteiger partial charge in [-0.05, 0) is 42.8 Å². The number of hydrogen-bond acceptors (Lipinski definition) is 4. The lowest BCUT2D eigenvalue weighted by Crippen LogP contribution is -2.11. The molecule has 0 amide bonds. The van der Waals surface area contributed by atoms with E-state index in [1.54, 1.807) is 43.5 Å². The second-order valence-corrected chi connectivity index (χ2v) is 6.37. The van der Waals surface area contributed by atoms with E-state index < -0.39 is 5.97 Å². The van der Waals surface area contributed by atoms with Crippen LogP contribution in [0, 0.1) is 0 Å². The van der Waals surface area contributed by atoms with Crippen LogP contribution >= 0.6 is 0 Å². The molecule has 5 nitrogen and oxygen atoms in total. The number of carbonyl (C=O) groups excluding carboxylic acids is 2. The van der Waals surface area contributed by atoms with Crippen molar-refractivity contribution in [1.29, 1.82) is 0 Å². The molecule has 0 bridgehead atoms. The smallest absolute Gasteiger partial charge is 0.374 e. The third-order valence-electron chi connectivity index (χ3n) is 4.52. The fourth-order valence-electron chi connectivity index (χ4n) is 3.18. The molecule has 0 spiro atoms. The number of ether oxygens (including phenoxy) is 1. The van der Waals surface area contributed by atoms with Gasteiger partial charge in [0.05, 0.1) is 12.3 Å². The van der Waals surface area contributed by atoms with Crippen LogP contribution < -0.4 is 0 Å². The van der Waals surface area contributed by atoms with Crippen molar-refractivity contribution in [3.05, 3.63) is 96.4 Å². The summed E-state index contributed by atoms with van der Waals surface area (Å²) in [7, 11) is 0. The van der Waals surface area contributed by atoms with Gasteiger partial charge in [-0.1, -0.05) is 48.5 Å². The van der Waals surface area contributed by atoms with Gasteiger partial charge in [0.2, 0.25) is 5.76 Å². The van der Waals surface area contributed by atoms with E-state index in [2.05, 4.69) is 0 Å². The SMILES string of the molecule is CCOC(=O)c1oc(-c2cccn2C(=O)c2ccccc2)cc1-c1ccccc1. The maximum Gasteiger partial charge on any atom is 0.374 e. The Balaban J connectivity index is 1.80. The van der Waals surface area contributed by atoms with Crippen LogP contribution in [0.1, 0.15) is 27.8 Å². The molecule has 0 unspecified atom stereocenters. The number of carbonyl (C=O) groups is 2. The first-order valence-corrected chi connectivity index (χ1v) is 9.33. The number of hydrogen-bond donors (Lipinski definition) is 0. The van der Waals surface area contributed by atoms with Crippen molar-refractivity contribution < 1.29 is 18.7 Å². The summed E-state index contributed by atoms with van der Waals surface area (Å²) >= 11 is 0. The highest BCUT2D eigenvalue weighted by Gasteiger charge is 2.24. The summed E-state index contributed by atoms with van der Waals surface area (Å²) in [4.78, 5) is 25.4. The number of esters is 1. The summed E-state index contributed by atoms with van der Waals surface area (Å²) in [6.45, 7) is 1.99. The summed E-state index contributed by atoms with van der Waals surface area (Å²) in [5, 5.41) is 0. The fraction of sp³-hybridized carbons (Fsp3) is 0.0833. The Kier molecular flexibility index (Phi) is 5.12. The lowest BCUT2D eigenvalue weighted by Gasteiger charge is -2.06. The maximum atomic E-state index is 12.9. The van der Waals surface area contributed by atoms with Crippen LogP contribution in [0.25, 0.3) is 22.6 Å². The second-order valence-electron chi connectivity index (χ2n) is 6.37. The Morgan fingerprint density at radius 1 is 0.931 bits per heavy atom. The number of nitrogens with zero attached hydrogens (tertiary/aromatic N) is 1. The summed E-state index contributed by atoms with van der Waals surface area (Å²) in [5.74, 6) is -0.180. The predicted molar refractivity (Wildman–Crippen MR) is 110 cm³/mol. The molecule has 29 heavy (non-hydrogen) atoms. The average molecular weight is 385 g/mol. The van der Waals surface area contributed by atoms with Crippen molar-refractivity contribution in [2.24, 2.45) is 0 Å². The number of furan rings is 1. The number of benzene rings is 2. The Morgan fingerprint density at radius 2 is 1.62 bits per heavy atom. The minimum absolute atomic E-state index is 0.118. The molecule has 0 aliphatic rings. The maximum absolute atomic E-state index is 12.9. The monoisotopic (exact) mass is 385 g/mol. The molecule has 0 aliphatic carbocycles. The number of rotatable bonds is 5. The van der Waals surface area contributed by atoms with Crippen LogP contribution in [0.2, 0.25) is 0 Å². The molecule has 0 saturated heterocycles. The summed E-state index contributed by atoms with van der Waals surface area (Å²) in [6, 6.07) is 23.8. The topological polar surface area (TPSA) is 61.4 Å². The van der Waals surface area contributed by atoms with Gasteiger partial charge in [0.15, 0.2) is 5.76 Å². The zero-order valence-corrected chi connectivity index (χ0v) is 15.9. The molecule has 144 valence electrons. The lowest BCUT2D eigenvalue weighted by molar-refractivity contribution is 0.0492. The molecule has 0 atom stereocenters. The molecule has 0 aliphatic heterocycles. The first kappa shape index (κ1) is 18.5. The fourth-order valence-corrected chi connectivity index (χ4v) is 3.18. The Morgan fingerprint density at radius 3 is 2.31 bits per heavy atom. The van der Waals surface area contributed by atoms with Crippen molar-refractivity contribution in [2.75, 3.05) is 6.61 Å². The van der Waals surface area contributed by atoms with E-state index in [0.29, 0.717) is 22.6 Å². The zero-order valence-electron chi connectivity index (χ0n) is 15.9. The van der Waals surface area contributed by atoms with E-state index in [9.17, 15) is 9.59 Å². The minimum Gasteiger partial charge on any atom is -0.460 e. The van der Waals surface area contributed by atoms with E-state index in [-0.39, 0.29) is 18.3 Å². The summed E-state index contributed by atoms with van der Waals surface area (Å²) < 4.78 is 12.6. The molecule has 2 aromatic carbocycles. The first-order valence-electron chi connectivity index (χ1n) is 9.33. The third kappa shape index (κ3) is 3.62. The molecule has 5 heteroatoms. The molecule has 0 radical (unpaired) electrons. The van der Waals surface area contributed by atoms with Gasteiger partial charge >= 0.3 is 5.97 Å². The van der Waals surface area contributed by atoms with Gasteiger partial charge in [0.1, 0.15) is 0 Å². The van der Waals surface area contributed by atoms with Gasteiger partial charge in [-0.15, -0.1) is 0 Å². The Labute approximate surface area is 168 Å². The second kappa shape index (κ2) is 8.02. The zero-order chi connectivity index (χ0) is 20.2. The van der Waals surface area contributed by atoms with E-state index >= 15 is 0 Å². The standard InChI is InChI=1S/C24H19NO4/c1-2-28-24(27)22-19(17-10-5-3-6-11-17)16-21(29-22)20-14-9-15-25(20)23(26)18-12-7-4-8-13-18/h3-16H,2H2,1H3. The van der Waals surface area contributed by atoms with Gasteiger partial charge in [0.25, 0.3) is 5.91 Å². The number of aromatic nitrogens is 1. The van der Waals surface area contributed by atoms with Crippen LogP contribution in [0.15, 0.2) is 89.5 Å². The molecule has 2 aromatic heterocycles. The Bertz CT molecular complexity index is 1140. The molecule has 2 heterocycles. The molecule has 0 fully saturated rings. The van der Waals surface area contributed by atoms with E-state index in [1.807, 2.05) is 48.5 Å². The lowest BCUT2D eigenvalue weighted by atomic mass is 10.1. The summed E-state index contributed by atoms with van der Waals surface area (Å²) in [5.41, 5.74) is 2.58. The average Bonchev–Trinajstić information content (AvgIpc) is 3.42. The van der Waals surface area contributed by atoms with E-state index in [1.165, 1.54) is 4.57 Å². The molecule has 0 N–H and O–H groups in total. The molecule has 4 rings (SSSR count). The van der Waals surface area contributed by atoms with E-state index in [0.717, 1.165) is 5.56 Å². The van der Waals surface area contributed by atoms with Crippen molar-refractivity contribution >= 4 is 11.9 Å². The van der Waals surface area contributed by atoms with Gasteiger partial charge in [-0.2, -0.15) is 0 Å². The van der Waals surface area contributed by atoms with Crippen LogP contribution in [-0.4, -0.2) is 23.1 Å². The Hall–Kier alpha value is -3.86. The van der Waals surface area contributed by atoms with Crippen molar-refractivity contribution in [1.82, 2.24) is 4.57 Å². The normalized spacial score (nSPS) is 10.7. The van der Waals surface area contributed by atoms with E-state index in [4.69, 9.17) is 9.15 Å². The van der Waals surface area contributed by atoms with Crippen molar-refractivity contribution in [2.45, 2.75) is 6.92 Å². The van der Waals surface area contributed by atoms with Gasteiger partial charge in [0, 0.05) is 17.3 Å². The molecule has 4 aromatic rings. The van der Waals surface area contributed by atoms with Gasteiger partial charge < -0.3 is 9.15 Å². The highest BCUT2D eigenvalue weighted by molar-refractivity contribution is 5.99. The van der Waals surface area contributed by atoms with Crippen LogP contribution in [-0.2, 0) is 4.74 Å². The van der Waals surface area contributed by atoms with Crippen molar-refractivity contribution in [3.63, 3.8) is 0 Å². The third-order valence-corrected chi connectivity index (χ3v) is 4.52. The highest BCUT2D eigenvalue weighted by Crippen LogP contribution is 2.33. The van der Waals surface area contributed by atoms with Crippen LogP contribution in [0.3, 0.4) is 0 Å². The van der Waals surface area contributed by atoms with Crippen molar-refractivity contribution in [3.8, 4) is 22.6 Å².